The number of Topliss-reactive ketones (excluding diaryl/α,β-unsaturated/α-hetero) is 1. The number of hydrogen-bond donors (Lipinski definition) is 0. The minimum Gasteiger partial charge on any atom is -0.493 e. The van der Waals surface area contributed by atoms with E-state index in [1.165, 1.54) is 43.3 Å². The Bertz CT molecular complexity index is 1120. The molecule has 1 aromatic carbocycles. The smallest absolute Gasteiger partial charge is 0.296 e. The summed E-state index contributed by atoms with van der Waals surface area (Å²) in [5.74, 6) is -1.07. The molecule has 1 aliphatic carbocycles. The van der Waals surface area contributed by atoms with Crippen molar-refractivity contribution in [2.24, 2.45) is 0 Å². The highest BCUT2D eigenvalue weighted by atomic mass is 16.5. The average molecular weight is 498 g/mol. The van der Waals surface area contributed by atoms with Gasteiger partial charge in [0.15, 0.2) is 11.5 Å². The largest absolute Gasteiger partial charge is 0.493 e. The first-order chi connectivity index (χ1) is 17.4. The Morgan fingerprint density at radius 1 is 0.861 bits per heavy atom. The number of nitrogens with zero attached hydrogens (tertiary/aromatic N) is 3. The van der Waals surface area contributed by atoms with E-state index < -0.39 is 23.8 Å². The van der Waals surface area contributed by atoms with Gasteiger partial charge in [0.1, 0.15) is 12.6 Å². The number of carbonyl (C=O) groups is 4. The van der Waals surface area contributed by atoms with Crippen LogP contribution >= 0.6 is 0 Å². The number of piperazine rings is 1. The molecule has 0 N–H and O–H groups in total. The van der Waals surface area contributed by atoms with Crippen LogP contribution in [0.15, 0.2) is 24.0 Å². The van der Waals surface area contributed by atoms with Crippen LogP contribution in [-0.2, 0) is 14.4 Å². The molecule has 0 aromatic heterocycles. The number of methoxy groups -OCH3 is 3. The first-order valence-electron chi connectivity index (χ1n) is 12.4. The molecule has 2 saturated heterocycles. The van der Waals surface area contributed by atoms with Gasteiger partial charge in [0.05, 0.1) is 33.1 Å². The Hall–Kier alpha value is -3.56. The predicted molar refractivity (Wildman–Crippen MR) is 128 cm³/mol. The van der Waals surface area contributed by atoms with Crippen LogP contribution in [0.25, 0.3) is 0 Å². The van der Waals surface area contributed by atoms with Crippen LogP contribution in [0.2, 0.25) is 0 Å². The van der Waals surface area contributed by atoms with E-state index >= 15 is 0 Å². The van der Waals surface area contributed by atoms with Crippen molar-refractivity contribution >= 4 is 23.5 Å². The minimum atomic E-state index is -0.773. The Morgan fingerprint density at radius 2 is 1.50 bits per heavy atom. The van der Waals surface area contributed by atoms with Gasteiger partial charge in [-0.1, -0.05) is 12.8 Å². The third-order valence-corrected chi connectivity index (χ3v) is 7.76. The van der Waals surface area contributed by atoms with Crippen molar-refractivity contribution in [3.63, 3.8) is 0 Å². The van der Waals surface area contributed by atoms with Crippen molar-refractivity contribution in [3.05, 3.63) is 29.6 Å². The summed E-state index contributed by atoms with van der Waals surface area (Å²) in [7, 11) is 4.32. The number of carbonyl (C=O) groups excluding carboxylic acids is 4. The van der Waals surface area contributed by atoms with Crippen LogP contribution in [-0.4, -0.2) is 84.2 Å². The second kappa shape index (κ2) is 9.48. The van der Waals surface area contributed by atoms with Crippen molar-refractivity contribution in [2.45, 2.75) is 63.1 Å². The summed E-state index contributed by atoms with van der Waals surface area (Å²) in [4.78, 5) is 58.2. The summed E-state index contributed by atoms with van der Waals surface area (Å²) in [6, 6.07) is 1.78. The van der Waals surface area contributed by atoms with E-state index in [4.69, 9.17) is 14.2 Å². The maximum atomic E-state index is 13.7. The highest BCUT2D eigenvalue weighted by molar-refractivity contribution is 6.43. The zero-order valence-corrected chi connectivity index (χ0v) is 20.8. The molecule has 1 aromatic rings. The summed E-state index contributed by atoms with van der Waals surface area (Å²) >= 11 is 0. The summed E-state index contributed by atoms with van der Waals surface area (Å²) in [6.45, 7) is -0.0168. The van der Waals surface area contributed by atoms with E-state index in [2.05, 4.69) is 0 Å². The van der Waals surface area contributed by atoms with Gasteiger partial charge in [0.25, 0.3) is 11.7 Å². The van der Waals surface area contributed by atoms with Crippen LogP contribution in [0.1, 0.15) is 55.3 Å². The van der Waals surface area contributed by atoms with Gasteiger partial charge < -0.3 is 28.9 Å². The first-order valence-corrected chi connectivity index (χ1v) is 12.4. The molecule has 3 amide bonds. The number of benzene rings is 1. The molecule has 192 valence electrons. The molecule has 1 saturated carbocycles. The fraction of sp³-hybridized carbons (Fsp3) is 0.538. The van der Waals surface area contributed by atoms with E-state index in [1.807, 2.05) is 0 Å². The number of fused-ring (bicyclic) bond motifs is 4. The Balaban J connectivity index is 1.50. The molecule has 10 nitrogen and oxygen atoms in total. The molecule has 0 unspecified atom stereocenters. The highest BCUT2D eigenvalue weighted by Gasteiger charge is 2.52. The molecule has 10 heteroatoms. The summed E-state index contributed by atoms with van der Waals surface area (Å²) in [5.41, 5.74) is 0.719. The Kier molecular flexibility index (Phi) is 6.36. The number of rotatable bonds is 6. The van der Waals surface area contributed by atoms with Crippen LogP contribution in [0, 0.1) is 0 Å². The van der Waals surface area contributed by atoms with Gasteiger partial charge >= 0.3 is 0 Å². The van der Waals surface area contributed by atoms with Gasteiger partial charge in [0, 0.05) is 17.8 Å². The molecular weight excluding hydrogens is 466 g/mol. The fourth-order valence-electron chi connectivity index (χ4n) is 6.00. The first kappa shape index (κ1) is 24.1. The van der Waals surface area contributed by atoms with E-state index in [1.54, 1.807) is 11.1 Å². The Labute approximate surface area is 209 Å². The van der Waals surface area contributed by atoms with Crippen molar-refractivity contribution in [1.29, 1.82) is 0 Å². The van der Waals surface area contributed by atoms with Gasteiger partial charge in [-0.25, -0.2) is 0 Å². The molecule has 0 radical (unpaired) electrons. The highest BCUT2D eigenvalue weighted by Crippen LogP contribution is 2.41. The van der Waals surface area contributed by atoms with Crippen molar-refractivity contribution in [3.8, 4) is 17.2 Å². The Morgan fingerprint density at radius 3 is 2.11 bits per heavy atom. The molecule has 0 spiro atoms. The van der Waals surface area contributed by atoms with Crippen LogP contribution in [0.4, 0.5) is 0 Å². The van der Waals surface area contributed by atoms with E-state index in [-0.39, 0.29) is 41.5 Å². The van der Waals surface area contributed by atoms with Crippen molar-refractivity contribution < 1.29 is 33.4 Å². The summed E-state index contributed by atoms with van der Waals surface area (Å²) in [6.07, 6.45) is 7.58. The van der Waals surface area contributed by atoms with E-state index in [9.17, 15) is 19.2 Å². The molecule has 3 fully saturated rings. The van der Waals surface area contributed by atoms with Crippen LogP contribution < -0.4 is 14.2 Å². The number of ether oxygens (including phenoxy) is 3. The number of ketones is 1. The van der Waals surface area contributed by atoms with Crippen molar-refractivity contribution in [2.75, 3.05) is 27.9 Å². The SMILES string of the molecule is COc1cc(C(=O)C(=O)N2[C@H]3CCC[C@H]2C2=CN(C4CCCC4)C(=O)CN2C3=O)cc(OC)c1OC. The second-order valence-electron chi connectivity index (χ2n) is 9.64. The topological polar surface area (TPSA) is 106 Å². The number of amides is 3. The zero-order chi connectivity index (χ0) is 25.6. The predicted octanol–water partition coefficient (Wildman–Crippen LogP) is 2.11. The van der Waals surface area contributed by atoms with Crippen molar-refractivity contribution in [1.82, 2.24) is 14.7 Å². The third kappa shape index (κ3) is 3.79. The number of piperidine rings is 1. The maximum Gasteiger partial charge on any atom is 0.296 e. The number of hydrogen-bond acceptors (Lipinski definition) is 7. The normalized spacial score (nSPS) is 23.9. The monoisotopic (exact) mass is 497 g/mol. The molecule has 5 rings (SSSR count). The molecule has 4 aliphatic rings. The van der Waals surface area contributed by atoms with Crippen LogP contribution in [0.5, 0.6) is 17.2 Å². The molecule has 2 bridgehead atoms. The van der Waals surface area contributed by atoms with Crippen LogP contribution in [0.3, 0.4) is 0 Å². The third-order valence-electron chi connectivity index (χ3n) is 7.76. The second-order valence-corrected chi connectivity index (χ2v) is 9.64. The average Bonchev–Trinajstić information content (AvgIpc) is 3.44. The molecule has 3 aliphatic heterocycles. The van der Waals surface area contributed by atoms with Gasteiger partial charge in [-0.05, 0) is 44.2 Å². The fourth-order valence-corrected chi connectivity index (χ4v) is 6.00. The lowest BCUT2D eigenvalue weighted by atomic mass is 9.86. The van der Waals surface area contributed by atoms with E-state index in [0.29, 0.717) is 24.3 Å². The lowest BCUT2D eigenvalue weighted by molar-refractivity contribution is -0.156. The quantitative estimate of drug-likeness (QED) is 0.438. The van der Waals surface area contributed by atoms with E-state index in [0.717, 1.165) is 32.1 Å². The standard InChI is InChI=1S/C26H31N3O7/c1-34-20-11-15(12-21(35-2)24(20)36-3)23(31)26(33)29-17-9-6-10-18(29)25(32)28-14-22(30)27(13-19(17)28)16-7-4-5-8-16/h11-13,16-18H,4-10,14H2,1-3H3/t17-,18-/m0/s1. The lowest BCUT2D eigenvalue weighted by Crippen LogP contribution is -2.67. The van der Waals surface area contributed by atoms with Gasteiger partial charge in [-0.15, -0.1) is 0 Å². The maximum absolute atomic E-state index is 13.7. The molecule has 2 atom stereocenters. The van der Waals surface area contributed by atoms with Gasteiger partial charge in [0.2, 0.25) is 17.6 Å². The molecule has 3 heterocycles. The molecule has 36 heavy (non-hydrogen) atoms. The van der Waals surface area contributed by atoms with Gasteiger partial charge in [-0.3, -0.25) is 19.2 Å². The zero-order valence-electron chi connectivity index (χ0n) is 20.8. The molecular formula is C26H31N3O7. The van der Waals surface area contributed by atoms with Gasteiger partial charge in [-0.2, -0.15) is 0 Å². The lowest BCUT2D eigenvalue weighted by Gasteiger charge is -2.52. The summed E-state index contributed by atoms with van der Waals surface area (Å²) < 4.78 is 16.0. The minimum absolute atomic E-state index is 0.0168. The summed E-state index contributed by atoms with van der Waals surface area (Å²) in [5, 5.41) is 0.